The Kier molecular flexibility index (Phi) is 13.2. The Bertz CT molecular complexity index is 561. The summed E-state index contributed by atoms with van der Waals surface area (Å²) in [5.41, 5.74) is 0.304. The zero-order valence-corrected chi connectivity index (χ0v) is 17.4. The molecule has 0 aliphatic rings. The SMILES string of the molecule is CNCCCNC(=O)C(CCSC)NC(=O)c1ccc(Cl)cc1Cl.Cl. The number of benzene rings is 1. The third kappa shape index (κ3) is 9.01. The summed E-state index contributed by atoms with van der Waals surface area (Å²) in [6, 6.07) is 4.06. The van der Waals surface area contributed by atoms with Gasteiger partial charge < -0.3 is 16.0 Å². The third-order valence-electron chi connectivity index (χ3n) is 3.31. The monoisotopic (exact) mass is 427 g/mol. The van der Waals surface area contributed by atoms with Crippen molar-refractivity contribution in [3.05, 3.63) is 33.8 Å². The van der Waals surface area contributed by atoms with Crippen molar-refractivity contribution in [2.75, 3.05) is 32.1 Å². The van der Waals surface area contributed by atoms with Crippen LogP contribution in [0.3, 0.4) is 0 Å². The highest BCUT2D eigenvalue weighted by Crippen LogP contribution is 2.21. The Balaban J connectivity index is 0.00000576. The van der Waals surface area contributed by atoms with Crippen LogP contribution in [0.25, 0.3) is 0 Å². The molecule has 9 heteroatoms. The lowest BCUT2D eigenvalue weighted by molar-refractivity contribution is -0.123. The molecular weight excluding hydrogens is 405 g/mol. The zero-order chi connectivity index (χ0) is 17.9. The number of hydrogen-bond donors (Lipinski definition) is 3. The molecule has 0 aliphatic heterocycles. The van der Waals surface area contributed by atoms with E-state index in [1.807, 2.05) is 13.3 Å². The molecule has 1 aromatic rings. The van der Waals surface area contributed by atoms with E-state index in [4.69, 9.17) is 23.2 Å². The van der Waals surface area contributed by atoms with Gasteiger partial charge in [-0.15, -0.1) is 12.4 Å². The van der Waals surface area contributed by atoms with Crippen LogP contribution in [0.2, 0.25) is 10.0 Å². The molecule has 3 N–H and O–H groups in total. The van der Waals surface area contributed by atoms with Crippen LogP contribution in [-0.4, -0.2) is 50.0 Å². The molecule has 0 radical (unpaired) electrons. The molecule has 25 heavy (non-hydrogen) atoms. The van der Waals surface area contributed by atoms with Crippen LogP contribution in [0.5, 0.6) is 0 Å². The van der Waals surface area contributed by atoms with Gasteiger partial charge in [-0.2, -0.15) is 11.8 Å². The lowest BCUT2D eigenvalue weighted by Gasteiger charge is -2.18. The predicted molar refractivity (Wildman–Crippen MR) is 110 cm³/mol. The van der Waals surface area contributed by atoms with Gasteiger partial charge in [-0.3, -0.25) is 9.59 Å². The summed E-state index contributed by atoms with van der Waals surface area (Å²) in [4.78, 5) is 24.7. The van der Waals surface area contributed by atoms with Crippen LogP contribution >= 0.6 is 47.4 Å². The van der Waals surface area contributed by atoms with Gasteiger partial charge in [-0.25, -0.2) is 0 Å². The van der Waals surface area contributed by atoms with Crippen LogP contribution in [0, 0.1) is 0 Å². The van der Waals surface area contributed by atoms with E-state index < -0.39 is 6.04 Å². The van der Waals surface area contributed by atoms with Gasteiger partial charge in [-0.05, 0) is 56.6 Å². The summed E-state index contributed by atoms with van der Waals surface area (Å²) < 4.78 is 0. The Morgan fingerprint density at radius 3 is 2.56 bits per heavy atom. The number of carbonyl (C=O) groups is 2. The number of carbonyl (C=O) groups excluding carboxylic acids is 2. The number of amides is 2. The van der Waals surface area contributed by atoms with Crippen molar-refractivity contribution in [3.63, 3.8) is 0 Å². The molecule has 1 rings (SSSR count). The fourth-order valence-electron chi connectivity index (χ4n) is 2.01. The normalized spacial score (nSPS) is 11.4. The van der Waals surface area contributed by atoms with Crippen molar-refractivity contribution in [2.45, 2.75) is 18.9 Å². The highest BCUT2D eigenvalue weighted by atomic mass is 35.5. The molecule has 2 amide bonds. The van der Waals surface area contributed by atoms with Crippen molar-refractivity contribution < 1.29 is 9.59 Å². The first-order chi connectivity index (χ1) is 11.5. The molecule has 1 aromatic carbocycles. The van der Waals surface area contributed by atoms with Crippen LogP contribution in [0.1, 0.15) is 23.2 Å². The van der Waals surface area contributed by atoms with Gasteiger partial charge in [0, 0.05) is 11.6 Å². The van der Waals surface area contributed by atoms with E-state index in [0.29, 0.717) is 23.6 Å². The molecule has 0 bridgehead atoms. The summed E-state index contributed by atoms with van der Waals surface area (Å²) in [6.45, 7) is 1.38. The molecule has 1 atom stereocenters. The van der Waals surface area contributed by atoms with Crippen molar-refractivity contribution in [1.82, 2.24) is 16.0 Å². The van der Waals surface area contributed by atoms with Crippen molar-refractivity contribution in [2.24, 2.45) is 0 Å². The first-order valence-corrected chi connectivity index (χ1v) is 9.81. The van der Waals surface area contributed by atoms with Gasteiger partial charge in [0.2, 0.25) is 5.91 Å². The molecule has 0 saturated heterocycles. The van der Waals surface area contributed by atoms with Gasteiger partial charge in [-0.1, -0.05) is 23.2 Å². The maximum absolute atomic E-state index is 12.4. The Morgan fingerprint density at radius 2 is 1.96 bits per heavy atom. The Morgan fingerprint density at radius 1 is 1.24 bits per heavy atom. The largest absolute Gasteiger partial charge is 0.354 e. The summed E-state index contributed by atoms with van der Waals surface area (Å²) in [5, 5.41) is 9.35. The second-order valence-electron chi connectivity index (χ2n) is 5.18. The molecule has 0 heterocycles. The minimum atomic E-state index is -0.591. The Labute approximate surface area is 169 Å². The number of rotatable bonds is 10. The van der Waals surface area contributed by atoms with Crippen LogP contribution in [0.15, 0.2) is 18.2 Å². The third-order valence-corrected chi connectivity index (χ3v) is 4.50. The summed E-state index contributed by atoms with van der Waals surface area (Å²) in [5.74, 6) is 0.204. The minimum absolute atomic E-state index is 0. The fraction of sp³-hybridized carbons (Fsp3) is 0.500. The smallest absolute Gasteiger partial charge is 0.253 e. The standard InChI is InChI=1S/C16H23Cl2N3O2S.ClH/c1-19-7-3-8-20-16(23)14(6-9-24-2)21-15(22)12-5-4-11(17)10-13(12)18;/h4-5,10,14,19H,3,6-9H2,1-2H3,(H,20,23)(H,21,22);1H. The van der Waals surface area contributed by atoms with Crippen LogP contribution in [-0.2, 0) is 4.79 Å². The van der Waals surface area contributed by atoms with E-state index in [9.17, 15) is 9.59 Å². The molecule has 0 saturated carbocycles. The van der Waals surface area contributed by atoms with Gasteiger partial charge in [0.15, 0.2) is 0 Å². The fourth-order valence-corrected chi connectivity index (χ4v) is 2.98. The van der Waals surface area contributed by atoms with E-state index in [1.165, 1.54) is 6.07 Å². The van der Waals surface area contributed by atoms with E-state index in [-0.39, 0.29) is 29.2 Å². The van der Waals surface area contributed by atoms with E-state index in [0.717, 1.165) is 18.7 Å². The van der Waals surface area contributed by atoms with Gasteiger partial charge in [0.25, 0.3) is 5.91 Å². The topological polar surface area (TPSA) is 70.2 Å². The molecule has 0 fully saturated rings. The maximum atomic E-state index is 12.4. The molecule has 1 unspecified atom stereocenters. The molecule has 5 nitrogen and oxygen atoms in total. The average molecular weight is 429 g/mol. The molecular formula is C16H24Cl3N3O2S. The van der Waals surface area contributed by atoms with Gasteiger partial charge in [0.1, 0.15) is 6.04 Å². The second kappa shape index (κ2) is 13.5. The number of hydrogen-bond acceptors (Lipinski definition) is 4. The highest BCUT2D eigenvalue weighted by Gasteiger charge is 2.22. The maximum Gasteiger partial charge on any atom is 0.253 e. The van der Waals surface area contributed by atoms with E-state index >= 15 is 0 Å². The van der Waals surface area contributed by atoms with Gasteiger partial charge >= 0.3 is 0 Å². The lowest BCUT2D eigenvalue weighted by Crippen LogP contribution is -2.47. The number of halogens is 3. The lowest BCUT2D eigenvalue weighted by atomic mass is 10.1. The molecule has 142 valence electrons. The first-order valence-electron chi connectivity index (χ1n) is 7.66. The second-order valence-corrected chi connectivity index (χ2v) is 7.01. The van der Waals surface area contributed by atoms with Crippen molar-refractivity contribution in [3.8, 4) is 0 Å². The number of thioether (sulfide) groups is 1. The van der Waals surface area contributed by atoms with Crippen LogP contribution < -0.4 is 16.0 Å². The first kappa shape index (κ1) is 24.3. The van der Waals surface area contributed by atoms with Crippen LogP contribution in [0.4, 0.5) is 0 Å². The summed E-state index contributed by atoms with van der Waals surface area (Å²) in [7, 11) is 1.86. The Hall–Kier alpha value is -0.660. The zero-order valence-electron chi connectivity index (χ0n) is 14.2. The minimum Gasteiger partial charge on any atom is -0.354 e. The molecule has 0 aromatic heterocycles. The van der Waals surface area contributed by atoms with E-state index in [2.05, 4.69) is 16.0 Å². The quantitative estimate of drug-likeness (QED) is 0.501. The summed E-state index contributed by atoms with van der Waals surface area (Å²) in [6.07, 6.45) is 3.34. The predicted octanol–water partition coefficient (Wildman–Crippen LogP) is 2.99. The van der Waals surface area contributed by atoms with Crippen molar-refractivity contribution >= 4 is 59.2 Å². The average Bonchev–Trinajstić information content (AvgIpc) is 2.55. The van der Waals surface area contributed by atoms with Crippen molar-refractivity contribution in [1.29, 1.82) is 0 Å². The summed E-state index contributed by atoms with van der Waals surface area (Å²) >= 11 is 13.5. The number of nitrogens with one attached hydrogen (secondary N) is 3. The molecule has 0 aliphatic carbocycles. The molecule has 0 spiro atoms. The van der Waals surface area contributed by atoms with Gasteiger partial charge in [0.05, 0.1) is 10.6 Å². The van der Waals surface area contributed by atoms with E-state index in [1.54, 1.807) is 23.9 Å². The highest BCUT2D eigenvalue weighted by molar-refractivity contribution is 7.98.